The molecule has 0 N–H and O–H groups in total. The van der Waals surface area contributed by atoms with Crippen molar-refractivity contribution in [1.29, 1.82) is 0 Å². The summed E-state index contributed by atoms with van der Waals surface area (Å²) >= 11 is 0. The van der Waals surface area contributed by atoms with Crippen molar-refractivity contribution in [2.45, 2.75) is 100 Å². The topological polar surface area (TPSA) is 0 Å². The normalized spacial score (nSPS) is 17.5. The van der Waals surface area contributed by atoms with Crippen LogP contribution in [0.4, 0.5) is 0 Å². The quantitative estimate of drug-likeness (QED) is 0.419. The second-order valence-corrected chi connectivity index (χ2v) is 8.49. The molecule has 19 heavy (non-hydrogen) atoms. The molecule has 0 aliphatic carbocycles. The Bertz CT molecular complexity index is 221. The van der Waals surface area contributed by atoms with Gasteiger partial charge in [0.15, 0.2) is 0 Å². The molecule has 0 aromatic rings. The summed E-state index contributed by atoms with van der Waals surface area (Å²) in [6.07, 6.45) is 9.77. The fourth-order valence-corrected chi connectivity index (χ4v) is 2.94. The Balaban J connectivity index is 3.94. The lowest BCUT2D eigenvalue weighted by Gasteiger charge is -2.42. The Hall–Kier alpha value is 0. The molecule has 0 saturated heterocycles. The molecular formula is C19H40. The summed E-state index contributed by atoms with van der Waals surface area (Å²) in [6.45, 7) is 19.2. The molecule has 0 fully saturated rings. The molecule has 2 unspecified atom stereocenters. The predicted molar refractivity (Wildman–Crippen MR) is 89.6 cm³/mol. The molecule has 2 atom stereocenters. The monoisotopic (exact) mass is 268 g/mol. The van der Waals surface area contributed by atoms with Crippen LogP contribution in [0.25, 0.3) is 0 Å². The lowest BCUT2D eigenvalue weighted by Crippen LogP contribution is -2.32. The molecule has 0 radical (unpaired) electrons. The van der Waals surface area contributed by atoms with Crippen molar-refractivity contribution in [3.8, 4) is 0 Å². The molecule has 0 heterocycles. The van der Waals surface area contributed by atoms with Crippen molar-refractivity contribution in [3.63, 3.8) is 0 Å². The van der Waals surface area contributed by atoms with Gasteiger partial charge in [0.1, 0.15) is 0 Å². The van der Waals surface area contributed by atoms with Gasteiger partial charge in [-0.1, -0.05) is 93.9 Å². The van der Waals surface area contributed by atoms with Gasteiger partial charge in [-0.05, 0) is 29.1 Å². The Labute approximate surface area is 123 Å². The maximum atomic E-state index is 2.48. The van der Waals surface area contributed by atoms with Crippen LogP contribution in [0.5, 0.6) is 0 Å². The van der Waals surface area contributed by atoms with Crippen molar-refractivity contribution < 1.29 is 0 Å². The maximum absolute atomic E-state index is 2.48. The van der Waals surface area contributed by atoms with E-state index < -0.39 is 0 Å². The summed E-state index contributed by atoms with van der Waals surface area (Å²) in [5.74, 6) is 1.79. The van der Waals surface area contributed by atoms with Crippen LogP contribution >= 0.6 is 0 Å². The first kappa shape index (κ1) is 19.0. The van der Waals surface area contributed by atoms with E-state index in [9.17, 15) is 0 Å². The van der Waals surface area contributed by atoms with Gasteiger partial charge in [-0.15, -0.1) is 0 Å². The molecule has 0 nitrogen and oxygen atoms in total. The first-order chi connectivity index (χ1) is 8.62. The third-order valence-electron chi connectivity index (χ3n) is 5.49. The van der Waals surface area contributed by atoms with Crippen LogP contribution in [0.1, 0.15) is 100 Å². The summed E-state index contributed by atoms with van der Waals surface area (Å²) in [7, 11) is 0. The summed E-state index contributed by atoms with van der Waals surface area (Å²) in [5, 5.41) is 0. The summed E-state index contributed by atoms with van der Waals surface area (Å²) < 4.78 is 0. The van der Waals surface area contributed by atoms with E-state index >= 15 is 0 Å². The van der Waals surface area contributed by atoms with Crippen molar-refractivity contribution in [2.24, 2.45) is 22.7 Å². The van der Waals surface area contributed by atoms with Gasteiger partial charge in [-0.2, -0.15) is 0 Å². The minimum atomic E-state index is 0.433. The van der Waals surface area contributed by atoms with E-state index in [1.54, 1.807) is 0 Å². The Kier molecular flexibility index (Phi) is 8.32. The van der Waals surface area contributed by atoms with E-state index in [2.05, 4.69) is 55.4 Å². The largest absolute Gasteiger partial charge is 0.0648 e. The van der Waals surface area contributed by atoms with Gasteiger partial charge in [0, 0.05) is 0 Å². The number of rotatable bonds is 9. The van der Waals surface area contributed by atoms with Gasteiger partial charge in [0.05, 0.1) is 0 Å². The van der Waals surface area contributed by atoms with E-state index in [0.29, 0.717) is 10.8 Å². The van der Waals surface area contributed by atoms with E-state index in [4.69, 9.17) is 0 Å². The third-order valence-corrected chi connectivity index (χ3v) is 5.49. The minimum absolute atomic E-state index is 0.433. The van der Waals surface area contributed by atoms with Gasteiger partial charge < -0.3 is 0 Å². The Morgan fingerprint density at radius 2 is 1.32 bits per heavy atom. The summed E-state index contributed by atoms with van der Waals surface area (Å²) in [5.41, 5.74) is 0.938. The van der Waals surface area contributed by atoms with Crippen molar-refractivity contribution in [2.75, 3.05) is 0 Å². The van der Waals surface area contributed by atoms with Gasteiger partial charge >= 0.3 is 0 Å². The molecule has 0 amide bonds. The minimum Gasteiger partial charge on any atom is -0.0648 e. The third kappa shape index (κ3) is 7.37. The smallest absolute Gasteiger partial charge is 0.0280 e. The van der Waals surface area contributed by atoms with Gasteiger partial charge in [0.2, 0.25) is 0 Å². The predicted octanol–water partition coefficient (Wildman–Crippen LogP) is 7.08. The van der Waals surface area contributed by atoms with Crippen molar-refractivity contribution in [1.82, 2.24) is 0 Å². The second-order valence-electron chi connectivity index (χ2n) is 8.49. The van der Waals surface area contributed by atoms with Crippen LogP contribution in [0.2, 0.25) is 0 Å². The van der Waals surface area contributed by atoms with E-state index in [1.807, 2.05) is 0 Å². The highest BCUT2D eigenvalue weighted by Gasteiger charge is 2.34. The molecule has 116 valence electrons. The van der Waals surface area contributed by atoms with E-state index in [0.717, 1.165) is 11.8 Å². The van der Waals surface area contributed by atoms with Gasteiger partial charge in [-0.3, -0.25) is 0 Å². The second kappa shape index (κ2) is 8.32. The molecule has 0 aromatic carbocycles. The summed E-state index contributed by atoms with van der Waals surface area (Å²) in [6, 6.07) is 0. The first-order valence-corrected chi connectivity index (χ1v) is 8.62. The van der Waals surface area contributed by atoms with Crippen molar-refractivity contribution >= 4 is 0 Å². The van der Waals surface area contributed by atoms with E-state index in [-0.39, 0.29) is 0 Å². The van der Waals surface area contributed by atoms with Crippen LogP contribution in [-0.2, 0) is 0 Å². The molecule has 0 rings (SSSR count). The molecular weight excluding hydrogens is 228 g/mol. The van der Waals surface area contributed by atoms with Crippen LogP contribution in [0.15, 0.2) is 0 Å². The molecule has 0 spiro atoms. The fourth-order valence-electron chi connectivity index (χ4n) is 2.94. The lowest BCUT2D eigenvalue weighted by molar-refractivity contribution is 0.0858. The lowest BCUT2D eigenvalue weighted by atomic mass is 9.63. The average molecular weight is 269 g/mol. The fraction of sp³-hybridized carbons (Fsp3) is 1.00. The van der Waals surface area contributed by atoms with Gasteiger partial charge in [0.25, 0.3) is 0 Å². The summed E-state index contributed by atoms with van der Waals surface area (Å²) in [4.78, 5) is 0. The standard InChI is InChI=1S/C19H40/c1-9-19(8,18(5,6)7)15-11-14-17(4)13-10-12-16(2)3/h16-17H,9-15H2,1-8H3. The molecule has 0 saturated carbocycles. The SMILES string of the molecule is CCC(C)(CCCC(C)CCCC(C)C)C(C)(C)C. The zero-order valence-corrected chi connectivity index (χ0v) is 15.1. The number of hydrogen-bond acceptors (Lipinski definition) is 0. The Morgan fingerprint density at radius 1 is 0.789 bits per heavy atom. The molecule has 0 heteroatoms. The van der Waals surface area contributed by atoms with Crippen molar-refractivity contribution in [3.05, 3.63) is 0 Å². The van der Waals surface area contributed by atoms with Crippen LogP contribution in [0.3, 0.4) is 0 Å². The molecule has 0 bridgehead atoms. The van der Waals surface area contributed by atoms with Crippen LogP contribution in [0, 0.1) is 22.7 Å². The zero-order valence-electron chi connectivity index (χ0n) is 15.1. The van der Waals surface area contributed by atoms with Crippen LogP contribution < -0.4 is 0 Å². The first-order valence-electron chi connectivity index (χ1n) is 8.62. The highest BCUT2D eigenvalue weighted by Crippen LogP contribution is 2.45. The van der Waals surface area contributed by atoms with Gasteiger partial charge in [-0.25, -0.2) is 0 Å². The zero-order chi connectivity index (χ0) is 15.1. The van der Waals surface area contributed by atoms with Crippen LogP contribution in [-0.4, -0.2) is 0 Å². The highest BCUT2D eigenvalue weighted by molar-refractivity contribution is 4.85. The van der Waals surface area contributed by atoms with E-state index in [1.165, 1.54) is 44.9 Å². The number of hydrogen-bond donors (Lipinski definition) is 0. The molecule has 0 aliphatic rings. The Morgan fingerprint density at radius 3 is 1.74 bits per heavy atom. The maximum Gasteiger partial charge on any atom is -0.0280 e. The molecule has 0 aromatic heterocycles. The highest BCUT2D eigenvalue weighted by atomic mass is 14.4. The molecule has 0 aliphatic heterocycles. The average Bonchev–Trinajstić information content (AvgIpc) is 2.26.